The van der Waals surface area contributed by atoms with Crippen LogP contribution in [0, 0.1) is 0 Å². The number of carbonyl (C=O) groups is 3. The van der Waals surface area contributed by atoms with Crippen molar-refractivity contribution in [1.82, 2.24) is 20.9 Å². The van der Waals surface area contributed by atoms with Crippen molar-refractivity contribution in [3.63, 3.8) is 0 Å². The smallest absolute Gasteiger partial charge is 0.255 e. The van der Waals surface area contributed by atoms with E-state index in [-0.39, 0.29) is 45.6 Å². The number of hydrogen-bond acceptors (Lipinski definition) is 11. The number of phenols is 1. The molecule has 5 rings (SSSR count). The first-order valence-electron chi connectivity index (χ1n) is 19.1. The molecule has 0 aliphatic heterocycles. The summed E-state index contributed by atoms with van der Waals surface area (Å²) in [5.74, 6) is 0.194. The summed E-state index contributed by atoms with van der Waals surface area (Å²) in [4.78, 5) is 37.9. The number of aromatic hydroxyl groups is 1. The Morgan fingerprint density at radius 2 is 1.53 bits per heavy atom. The summed E-state index contributed by atoms with van der Waals surface area (Å²) in [7, 11) is 0. The van der Waals surface area contributed by atoms with Crippen molar-refractivity contribution < 1.29 is 24.2 Å². The van der Waals surface area contributed by atoms with Crippen molar-refractivity contribution in [2.24, 2.45) is 0 Å². The minimum absolute atomic E-state index is 0.0249. The first-order chi connectivity index (χ1) is 27.2. The number of fused-ring (bicyclic) bond motifs is 1. The van der Waals surface area contributed by atoms with E-state index in [0.29, 0.717) is 45.0 Å². The molecule has 0 saturated carbocycles. The van der Waals surface area contributed by atoms with E-state index >= 15 is 0 Å². The van der Waals surface area contributed by atoms with Crippen LogP contribution in [0.5, 0.6) is 11.5 Å². The Hall–Kier alpha value is -4.79. The SMILES string of the molecule is CCC(C)(C)c1ccc(OCCCCNC(=O)c2cc(Sc3nnc(SCC(=O)Nc4ccc(NNC(C)=O)cc4)s3)c3ccccc3c2O)c(C(C)(C)CC)c1. The molecule has 1 aromatic heterocycles. The number of hydrogen-bond donors (Lipinski definition) is 5. The summed E-state index contributed by atoms with van der Waals surface area (Å²) >= 11 is 3.97. The van der Waals surface area contributed by atoms with E-state index in [2.05, 4.69) is 91.4 Å². The standard InChI is InChI=1S/C43H52N6O5S3/c1-8-42(4,5)28-16-21-35(34(24-28)43(6,7)9-2)54-23-13-12-22-44-39(53)33-25-36(31-14-10-11-15-32(31)38(33)52)56-41-49-48-40(57-41)55-26-37(51)45-29-17-19-30(20-18-29)47-46-27(3)50/h10-11,14-21,24-25,47,52H,8-9,12-13,22-23,26H2,1-7H3,(H,44,53)(H,45,51)(H,46,50). The van der Waals surface area contributed by atoms with Crippen LogP contribution in [0.1, 0.15) is 95.6 Å². The lowest BCUT2D eigenvalue weighted by atomic mass is 9.76. The maximum absolute atomic E-state index is 13.5. The molecule has 0 saturated heterocycles. The number of anilines is 2. The molecule has 5 aromatic rings. The van der Waals surface area contributed by atoms with Crippen LogP contribution in [-0.2, 0) is 20.4 Å². The summed E-state index contributed by atoms with van der Waals surface area (Å²) in [6.07, 6.45) is 3.51. The monoisotopic (exact) mass is 828 g/mol. The molecular weight excluding hydrogens is 777 g/mol. The van der Waals surface area contributed by atoms with Gasteiger partial charge in [-0.15, -0.1) is 10.2 Å². The molecule has 0 spiro atoms. The lowest BCUT2D eigenvalue weighted by Gasteiger charge is -2.30. The zero-order valence-electron chi connectivity index (χ0n) is 33.6. The fourth-order valence-corrected chi connectivity index (χ4v) is 8.76. The average Bonchev–Trinajstić information content (AvgIpc) is 3.66. The molecule has 302 valence electrons. The topological polar surface area (TPSA) is 155 Å². The van der Waals surface area contributed by atoms with E-state index in [9.17, 15) is 19.5 Å². The minimum Gasteiger partial charge on any atom is -0.506 e. The number of unbranched alkanes of at least 4 members (excludes halogenated alkanes) is 1. The van der Waals surface area contributed by atoms with Gasteiger partial charge in [0.25, 0.3) is 5.91 Å². The third-order valence-electron chi connectivity index (χ3n) is 10.1. The van der Waals surface area contributed by atoms with Crippen molar-refractivity contribution in [2.75, 3.05) is 29.6 Å². The van der Waals surface area contributed by atoms with Crippen molar-refractivity contribution in [2.45, 2.75) is 98.6 Å². The van der Waals surface area contributed by atoms with Gasteiger partial charge in [-0.25, -0.2) is 0 Å². The van der Waals surface area contributed by atoms with E-state index in [1.807, 2.05) is 18.2 Å². The molecule has 0 aliphatic rings. The van der Waals surface area contributed by atoms with Crippen LogP contribution in [0.25, 0.3) is 10.8 Å². The van der Waals surface area contributed by atoms with Crippen LogP contribution < -0.4 is 26.2 Å². The van der Waals surface area contributed by atoms with Gasteiger partial charge in [-0.1, -0.05) is 113 Å². The molecule has 0 aliphatic carbocycles. The van der Waals surface area contributed by atoms with Crippen LogP contribution in [0.4, 0.5) is 11.4 Å². The van der Waals surface area contributed by atoms with E-state index in [1.165, 1.54) is 52.9 Å². The number of ether oxygens (including phenoxy) is 1. The van der Waals surface area contributed by atoms with Gasteiger partial charge >= 0.3 is 0 Å². The Labute approximate surface area is 347 Å². The van der Waals surface area contributed by atoms with Gasteiger partial charge in [0.05, 0.1) is 23.6 Å². The summed E-state index contributed by atoms with van der Waals surface area (Å²) in [6.45, 7) is 15.9. The highest BCUT2D eigenvalue weighted by molar-refractivity contribution is 8.03. The molecule has 14 heteroatoms. The van der Waals surface area contributed by atoms with Gasteiger partial charge in [0.15, 0.2) is 8.68 Å². The number of benzene rings is 4. The molecule has 0 fully saturated rings. The first kappa shape index (κ1) is 43.3. The highest BCUT2D eigenvalue weighted by Gasteiger charge is 2.27. The summed E-state index contributed by atoms with van der Waals surface area (Å²) < 4.78 is 7.58. The largest absolute Gasteiger partial charge is 0.506 e. The van der Waals surface area contributed by atoms with Gasteiger partial charge in [-0.2, -0.15) is 0 Å². The van der Waals surface area contributed by atoms with Crippen LogP contribution in [0.15, 0.2) is 86.4 Å². The predicted octanol–water partition coefficient (Wildman–Crippen LogP) is 9.71. The van der Waals surface area contributed by atoms with Gasteiger partial charge in [0.1, 0.15) is 11.5 Å². The number of nitrogens with zero attached hydrogens (tertiary/aromatic N) is 2. The number of nitrogens with one attached hydrogen (secondary N) is 4. The predicted molar refractivity (Wildman–Crippen MR) is 233 cm³/mol. The number of thioether (sulfide) groups is 1. The number of phenolic OH excluding ortho intramolecular Hbond substituents is 1. The number of rotatable bonds is 19. The van der Waals surface area contributed by atoms with Gasteiger partial charge in [-0.3, -0.25) is 25.2 Å². The second kappa shape index (κ2) is 19.6. The van der Waals surface area contributed by atoms with Gasteiger partial charge in [-0.05, 0) is 83.9 Å². The van der Waals surface area contributed by atoms with Crippen LogP contribution in [0.2, 0.25) is 0 Å². The zero-order valence-corrected chi connectivity index (χ0v) is 36.0. The van der Waals surface area contributed by atoms with Gasteiger partial charge in [0.2, 0.25) is 11.8 Å². The molecular formula is C43H52N6O5S3. The molecule has 0 radical (unpaired) electrons. The fraction of sp³-hybridized carbons (Fsp3) is 0.372. The highest BCUT2D eigenvalue weighted by Crippen LogP contribution is 2.42. The molecule has 0 atom stereocenters. The van der Waals surface area contributed by atoms with Crippen molar-refractivity contribution >= 4 is 74.7 Å². The fourth-order valence-electron chi connectivity index (χ4n) is 5.80. The minimum atomic E-state index is -0.361. The summed E-state index contributed by atoms with van der Waals surface area (Å²) in [5, 5.41) is 27.0. The number of amides is 3. The van der Waals surface area contributed by atoms with Crippen molar-refractivity contribution in [3.05, 3.63) is 89.5 Å². The van der Waals surface area contributed by atoms with Gasteiger partial charge < -0.3 is 20.5 Å². The third kappa shape index (κ3) is 11.6. The van der Waals surface area contributed by atoms with Crippen LogP contribution in [0.3, 0.4) is 0 Å². The highest BCUT2D eigenvalue weighted by atomic mass is 32.2. The number of aromatic nitrogens is 2. The molecule has 0 bridgehead atoms. The maximum atomic E-state index is 13.5. The Balaban J connectivity index is 1.15. The number of carbonyl (C=O) groups excluding carboxylic acids is 3. The Kier molecular flexibility index (Phi) is 14.9. The van der Waals surface area contributed by atoms with Crippen LogP contribution >= 0.6 is 34.9 Å². The molecule has 11 nitrogen and oxygen atoms in total. The Morgan fingerprint density at radius 3 is 2.23 bits per heavy atom. The van der Waals surface area contributed by atoms with E-state index in [4.69, 9.17) is 4.74 Å². The Bertz CT molecular complexity index is 2190. The summed E-state index contributed by atoms with van der Waals surface area (Å²) in [5.41, 5.74) is 9.36. The zero-order chi connectivity index (χ0) is 41.2. The van der Waals surface area contributed by atoms with Crippen molar-refractivity contribution in [1.29, 1.82) is 0 Å². The number of hydrazine groups is 1. The molecule has 1 heterocycles. The van der Waals surface area contributed by atoms with Gasteiger partial charge in [0, 0.05) is 35.0 Å². The molecule has 3 amide bonds. The van der Waals surface area contributed by atoms with Crippen LogP contribution in [-0.4, -0.2) is 51.9 Å². The first-order valence-corrected chi connectivity index (χ1v) is 21.7. The second-order valence-electron chi connectivity index (χ2n) is 15.0. The molecule has 4 aromatic carbocycles. The Morgan fingerprint density at radius 1 is 0.842 bits per heavy atom. The maximum Gasteiger partial charge on any atom is 0.255 e. The molecule has 5 N–H and O–H groups in total. The summed E-state index contributed by atoms with van der Waals surface area (Å²) in [6, 6.07) is 22.6. The van der Waals surface area contributed by atoms with E-state index in [0.717, 1.165) is 35.3 Å². The average molecular weight is 829 g/mol. The lowest BCUT2D eigenvalue weighted by Crippen LogP contribution is -2.26. The molecule has 57 heavy (non-hydrogen) atoms. The van der Waals surface area contributed by atoms with Crippen molar-refractivity contribution in [3.8, 4) is 11.5 Å². The van der Waals surface area contributed by atoms with E-state index < -0.39 is 0 Å². The van der Waals surface area contributed by atoms with E-state index in [1.54, 1.807) is 36.4 Å². The normalized spacial score (nSPS) is 11.6. The lowest BCUT2D eigenvalue weighted by molar-refractivity contribution is -0.118. The third-order valence-corrected chi connectivity index (χ3v) is 13.2. The molecule has 0 unspecified atom stereocenters. The second-order valence-corrected chi connectivity index (χ2v) is 18.5. The quantitative estimate of drug-likeness (QED) is 0.0309.